The molecule has 0 bridgehead atoms. The third kappa shape index (κ3) is 2.96. The molecule has 1 aliphatic heterocycles. The monoisotopic (exact) mass is 337 g/mol. The molecule has 1 unspecified atom stereocenters. The van der Waals surface area contributed by atoms with Gasteiger partial charge in [-0.2, -0.15) is 9.29 Å². The Morgan fingerprint density at radius 1 is 1.35 bits per heavy atom. The molecule has 3 rings (SSSR count). The highest BCUT2D eigenvalue weighted by molar-refractivity contribution is 7.89. The minimum Gasteiger partial charge on any atom is -0.497 e. The number of hydrogen-bond donors (Lipinski definition) is 0. The highest BCUT2D eigenvalue weighted by Crippen LogP contribution is 2.32. The molecule has 1 fully saturated rings. The largest absolute Gasteiger partial charge is 0.497 e. The predicted molar refractivity (Wildman–Crippen MR) is 82.9 cm³/mol. The number of benzene rings is 1. The molecule has 0 N–H and O–H groups in total. The number of hydrogen-bond acceptors (Lipinski definition) is 6. The summed E-state index contributed by atoms with van der Waals surface area (Å²) in [6.45, 7) is 4.32. The first kappa shape index (κ1) is 15.9. The number of sulfonamides is 1. The smallest absolute Gasteiger partial charge is 0.243 e. The summed E-state index contributed by atoms with van der Waals surface area (Å²) in [4.78, 5) is 4.51. The number of nitrogens with zero attached hydrogens (tertiary/aromatic N) is 3. The molecule has 0 radical (unpaired) electrons. The van der Waals surface area contributed by atoms with Crippen molar-refractivity contribution < 1.29 is 17.7 Å². The van der Waals surface area contributed by atoms with Crippen LogP contribution in [-0.2, 0) is 10.0 Å². The summed E-state index contributed by atoms with van der Waals surface area (Å²) in [5, 5.41) is 3.77. The van der Waals surface area contributed by atoms with Gasteiger partial charge in [-0.3, -0.25) is 0 Å². The summed E-state index contributed by atoms with van der Waals surface area (Å²) in [6.07, 6.45) is 0.677. The van der Waals surface area contributed by atoms with Gasteiger partial charge in [0.15, 0.2) is 5.82 Å². The average molecular weight is 337 g/mol. The Balaban J connectivity index is 1.84. The highest BCUT2D eigenvalue weighted by Gasteiger charge is 2.36. The van der Waals surface area contributed by atoms with Gasteiger partial charge in [-0.1, -0.05) is 5.16 Å². The molecule has 1 atom stereocenters. The van der Waals surface area contributed by atoms with Crippen molar-refractivity contribution in [3.63, 3.8) is 0 Å². The number of methoxy groups -OCH3 is 1. The second kappa shape index (κ2) is 5.93. The maximum atomic E-state index is 12.9. The molecule has 0 aliphatic carbocycles. The van der Waals surface area contributed by atoms with Gasteiger partial charge in [0.25, 0.3) is 0 Å². The van der Waals surface area contributed by atoms with Crippen molar-refractivity contribution in [1.29, 1.82) is 0 Å². The van der Waals surface area contributed by atoms with Crippen LogP contribution in [0.3, 0.4) is 0 Å². The van der Waals surface area contributed by atoms with Crippen LogP contribution in [0.5, 0.6) is 5.75 Å². The van der Waals surface area contributed by atoms with Crippen molar-refractivity contribution in [2.45, 2.75) is 31.1 Å². The molecule has 8 heteroatoms. The summed E-state index contributed by atoms with van der Waals surface area (Å²) in [5.41, 5.74) is 0.668. The molecule has 23 heavy (non-hydrogen) atoms. The van der Waals surface area contributed by atoms with Crippen LogP contribution in [0.2, 0.25) is 0 Å². The SMILES string of the molecule is COc1ccc(S(=O)(=O)N2CCC(c3nc(C)no3)C2)c(C)c1. The van der Waals surface area contributed by atoms with Crippen LogP contribution >= 0.6 is 0 Å². The second-order valence-corrected chi connectivity index (χ2v) is 7.57. The number of aryl methyl sites for hydroxylation is 2. The van der Waals surface area contributed by atoms with Crippen molar-refractivity contribution in [2.24, 2.45) is 0 Å². The van der Waals surface area contributed by atoms with E-state index >= 15 is 0 Å². The Morgan fingerprint density at radius 2 is 2.13 bits per heavy atom. The van der Waals surface area contributed by atoms with Crippen LogP contribution in [0.1, 0.15) is 29.6 Å². The zero-order valence-corrected chi connectivity index (χ0v) is 14.1. The number of rotatable bonds is 4. The normalized spacial score (nSPS) is 19.2. The zero-order chi connectivity index (χ0) is 16.6. The Labute approximate surface area is 135 Å². The van der Waals surface area contributed by atoms with E-state index in [-0.39, 0.29) is 5.92 Å². The van der Waals surface area contributed by atoms with Gasteiger partial charge in [-0.25, -0.2) is 8.42 Å². The van der Waals surface area contributed by atoms with Gasteiger partial charge in [-0.15, -0.1) is 0 Å². The molecule has 2 aromatic rings. The van der Waals surface area contributed by atoms with Crippen LogP contribution in [-0.4, -0.2) is 43.1 Å². The maximum absolute atomic E-state index is 12.9. The first-order chi connectivity index (χ1) is 10.9. The molecule has 1 aromatic heterocycles. The van der Waals surface area contributed by atoms with E-state index in [0.717, 1.165) is 0 Å². The standard InChI is InChI=1S/C15H19N3O4S/c1-10-8-13(21-3)4-5-14(10)23(19,20)18-7-6-12(9-18)15-16-11(2)17-22-15/h4-5,8,12H,6-7,9H2,1-3H3. The van der Waals surface area contributed by atoms with Crippen molar-refractivity contribution in [3.8, 4) is 5.75 Å². The maximum Gasteiger partial charge on any atom is 0.243 e. The summed E-state index contributed by atoms with van der Waals surface area (Å²) >= 11 is 0. The Bertz CT molecular complexity index is 816. The Hall–Kier alpha value is -1.93. The zero-order valence-electron chi connectivity index (χ0n) is 13.3. The highest BCUT2D eigenvalue weighted by atomic mass is 32.2. The molecule has 1 aromatic carbocycles. The van der Waals surface area contributed by atoms with Gasteiger partial charge in [-0.05, 0) is 44.0 Å². The summed E-state index contributed by atoms with van der Waals surface area (Å²) in [7, 11) is -1.98. The average Bonchev–Trinajstić information content (AvgIpc) is 3.15. The van der Waals surface area contributed by atoms with Crippen molar-refractivity contribution in [3.05, 3.63) is 35.5 Å². The molecule has 1 aliphatic rings. The minimum absolute atomic E-state index is 0.0514. The molecule has 0 saturated carbocycles. The molecule has 2 heterocycles. The first-order valence-electron chi connectivity index (χ1n) is 7.37. The van der Waals surface area contributed by atoms with E-state index < -0.39 is 10.0 Å². The molecule has 0 spiro atoms. The lowest BCUT2D eigenvalue weighted by molar-refractivity contribution is 0.351. The fraction of sp³-hybridized carbons (Fsp3) is 0.467. The van der Waals surface area contributed by atoms with Gasteiger partial charge < -0.3 is 9.26 Å². The van der Waals surface area contributed by atoms with E-state index in [1.807, 2.05) is 0 Å². The van der Waals surface area contributed by atoms with Crippen LogP contribution in [0.15, 0.2) is 27.6 Å². The third-order valence-corrected chi connectivity index (χ3v) is 6.07. The fourth-order valence-electron chi connectivity index (χ4n) is 2.80. The number of ether oxygens (including phenoxy) is 1. The summed E-state index contributed by atoms with van der Waals surface area (Å²) in [5.74, 6) is 1.66. The molecular weight excluding hydrogens is 318 g/mol. The fourth-order valence-corrected chi connectivity index (χ4v) is 4.51. The number of aromatic nitrogens is 2. The van der Waals surface area contributed by atoms with Crippen LogP contribution < -0.4 is 4.74 Å². The summed E-state index contributed by atoms with van der Waals surface area (Å²) < 4.78 is 37.5. The molecular formula is C15H19N3O4S. The van der Waals surface area contributed by atoms with E-state index in [1.165, 1.54) is 4.31 Å². The van der Waals surface area contributed by atoms with Crippen molar-refractivity contribution in [1.82, 2.24) is 14.4 Å². The lowest BCUT2D eigenvalue weighted by Crippen LogP contribution is -2.29. The van der Waals surface area contributed by atoms with Crippen molar-refractivity contribution >= 4 is 10.0 Å². The van der Waals surface area contributed by atoms with Gasteiger partial charge in [0.05, 0.1) is 17.9 Å². The molecule has 1 saturated heterocycles. The van der Waals surface area contributed by atoms with Crippen molar-refractivity contribution in [2.75, 3.05) is 20.2 Å². The van der Waals surface area contributed by atoms with E-state index in [0.29, 0.717) is 47.4 Å². The lowest BCUT2D eigenvalue weighted by atomic mass is 10.1. The molecule has 0 amide bonds. The van der Waals surface area contributed by atoms with Gasteiger partial charge in [0, 0.05) is 13.1 Å². The van der Waals surface area contributed by atoms with E-state index in [9.17, 15) is 8.42 Å². The van der Waals surface area contributed by atoms with Crippen LogP contribution in [0.4, 0.5) is 0 Å². The Morgan fingerprint density at radius 3 is 2.74 bits per heavy atom. The third-order valence-electron chi connectivity index (χ3n) is 4.04. The van der Waals surface area contributed by atoms with Gasteiger partial charge >= 0.3 is 0 Å². The Kier molecular flexibility index (Phi) is 4.11. The summed E-state index contributed by atoms with van der Waals surface area (Å²) in [6, 6.07) is 4.98. The van der Waals surface area contributed by atoms with E-state index in [1.54, 1.807) is 39.2 Å². The molecule has 7 nitrogen and oxygen atoms in total. The minimum atomic E-state index is -3.54. The quantitative estimate of drug-likeness (QED) is 0.847. The molecule has 124 valence electrons. The van der Waals surface area contributed by atoms with Crippen LogP contribution in [0.25, 0.3) is 0 Å². The van der Waals surface area contributed by atoms with Crippen LogP contribution in [0, 0.1) is 13.8 Å². The van der Waals surface area contributed by atoms with E-state index in [4.69, 9.17) is 9.26 Å². The van der Waals surface area contributed by atoms with Gasteiger partial charge in [0.2, 0.25) is 15.9 Å². The first-order valence-corrected chi connectivity index (χ1v) is 8.81. The van der Waals surface area contributed by atoms with Gasteiger partial charge in [0.1, 0.15) is 5.75 Å². The predicted octanol–water partition coefficient (Wildman–Crippen LogP) is 1.87. The lowest BCUT2D eigenvalue weighted by Gasteiger charge is -2.18. The second-order valence-electron chi connectivity index (χ2n) is 5.66. The van der Waals surface area contributed by atoms with E-state index in [2.05, 4.69) is 10.1 Å². The topological polar surface area (TPSA) is 85.5 Å².